The topological polar surface area (TPSA) is 84.8 Å². The van der Waals surface area contributed by atoms with Crippen molar-refractivity contribution in [3.05, 3.63) is 35.6 Å². The largest absolute Gasteiger partial charge is 0.481 e. The number of nitrogens with zero attached hydrogens (tertiary/aromatic N) is 4. The van der Waals surface area contributed by atoms with E-state index in [0.717, 1.165) is 12.0 Å². The second-order valence-electron chi connectivity index (χ2n) is 4.51. The molecule has 19 heavy (non-hydrogen) atoms. The Balaban J connectivity index is 1.68. The second-order valence-corrected chi connectivity index (χ2v) is 4.51. The molecule has 2 atom stereocenters. The predicted octanol–water partition coefficient (Wildman–Crippen LogP) is 1.69. The molecule has 0 saturated heterocycles. The minimum atomic E-state index is 0.0379. The second kappa shape index (κ2) is 4.69. The Bertz CT molecular complexity index is 614. The molecule has 3 rings (SSSR count). The molecule has 0 aromatic carbocycles. The highest BCUT2D eigenvalue weighted by Gasteiger charge is 2.43. The van der Waals surface area contributed by atoms with Gasteiger partial charge in [0.15, 0.2) is 5.82 Å². The van der Waals surface area contributed by atoms with Gasteiger partial charge >= 0.3 is 0 Å². The lowest BCUT2D eigenvalue weighted by molar-refractivity contribution is 0.373. The van der Waals surface area contributed by atoms with Gasteiger partial charge in [0.1, 0.15) is 0 Å². The first kappa shape index (κ1) is 11.7. The summed E-state index contributed by atoms with van der Waals surface area (Å²) in [6.07, 6.45) is 3.11. The van der Waals surface area contributed by atoms with Gasteiger partial charge in [-0.05, 0) is 12.0 Å². The first-order valence-corrected chi connectivity index (χ1v) is 6.01. The third-order valence-corrected chi connectivity index (χ3v) is 3.13. The fourth-order valence-corrected chi connectivity index (χ4v) is 1.92. The molecule has 2 heterocycles. The molecular weight excluding hydrogens is 244 g/mol. The van der Waals surface area contributed by atoms with Crippen LogP contribution in [0, 0.1) is 17.2 Å². The van der Waals surface area contributed by atoms with Crippen LogP contribution in [0.5, 0.6) is 5.88 Å². The number of pyridine rings is 1. The van der Waals surface area contributed by atoms with Gasteiger partial charge in [-0.25, -0.2) is 4.98 Å². The number of aromatic nitrogens is 3. The van der Waals surface area contributed by atoms with Gasteiger partial charge in [-0.15, -0.1) is 0 Å². The molecule has 0 aliphatic heterocycles. The van der Waals surface area contributed by atoms with Crippen molar-refractivity contribution in [3.63, 3.8) is 0 Å². The van der Waals surface area contributed by atoms with E-state index in [0.29, 0.717) is 24.0 Å². The van der Waals surface area contributed by atoms with Gasteiger partial charge in [0, 0.05) is 18.7 Å². The van der Waals surface area contributed by atoms with Crippen LogP contribution in [0.1, 0.15) is 29.6 Å². The molecule has 2 aromatic rings. The molecule has 1 saturated carbocycles. The summed E-state index contributed by atoms with van der Waals surface area (Å²) in [4.78, 5) is 8.44. The number of hydrogen-bond acceptors (Lipinski definition) is 6. The van der Waals surface area contributed by atoms with Crippen molar-refractivity contribution in [2.45, 2.75) is 18.8 Å². The maximum absolute atomic E-state index is 8.77. The molecule has 0 bridgehead atoms. The van der Waals surface area contributed by atoms with E-state index in [1.807, 2.05) is 6.07 Å². The fourth-order valence-electron chi connectivity index (χ4n) is 1.92. The van der Waals surface area contributed by atoms with E-state index in [9.17, 15) is 0 Å². The fraction of sp³-hybridized carbons (Fsp3) is 0.385. The zero-order chi connectivity index (χ0) is 13.2. The van der Waals surface area contributed by atoms with E-state index in [-0.39, 0.29) is 11.8 Å². The summed E-state index contributed by atoms with van der Waals surface area (Å²) in [5.74, 6) is 1.93. The highest BCUT2D eigenvalue weighted by Crippen LogP contribution is 2.45. The van der Waals surface area contributed by atoms with Crippen LogP contribution in [0.3, 0.4) is 0 Å². The molecule has 1 aliphatic rings. The van der Waals surface area contributed by atoms with Crippen molar-refractivity contribution in [1.82, 2.24) is 15.1 Å². The van der Waals surface area contributed by atoms with Crippen LogP contribution in [0.2, 0.25) is 0 Å². The van der Waals surface area contributed by atoms with Crippen molar-refractivity contribution >= 4 is 0 Å². The van der Waals surface area contributed by atoms with Crippen LogP contribution >= 0.6 is 0 Å². The first-order valence-electron chi connectivity index (χ1n) is 6.01. The maximum Gasteiger partial charge on any atom is 0.231 e. The average molecular weight is 256 g/mol. The lowest BCUT2D eigenvalue weighted by atomic mass is 10.2. The summed E-state index contributed by atoms with van der Waals surface area (Å²) < 4.78 is 10.2. The van der Waals surface area contributed by atoms with Crippen molar-refractivity contribution in [2.75, 3.05) is 7.11 Å². The first-order chi connectivity index (χ1) is 9.30. The summed E-state index contributed by atoms with van der Waals surface area (Å²) in [5, 5.41) is 12.7. The smallest absolute Gasteiger partial charge is 0.231 e. The van der Waals surface area contributed by atoms with Crippen molar-refractivity contribution in [2.24, 2.45) is 5.92 Å². The predicted molar refractivity (Wildman–Crippen MR) is 64.4 cm³/mol. The molecule has 6 heteroatoms. The number of rotatable bonds is 4. The Hall–Kier alpha value is -2.42. The van der Waals surface area contributed by atoms with Crippen LogP contribution in [-0.4, -0.2) is 22.2 Å². The molecule has 96 valence electrons. The lowest BCUT2D eigenvalue weighted by Gasteiger charge is -1.99. The normalized spacial score (nSPS) is 20.8. The standard InChI is InChI=1S/C13H12N4O2/c1-18-12-3-2-8(7-15-12)4-11-16-13(19-17-11)10-5-9(10)6-14/h2-3,7,9-10H,4-5H2,1H3. The number of ether oxygens (including phenoxy) is 1. The maximum atomic E-state index is 8.77. The number of hydrogen-bond donors (Lipinski definition) is 0. The van der Waals surface area contributed by atoms with E-state index < -0.39 is 0 Å². The Morgan fingerprint density at radius 2 is 2.42 bits per heavy atom. The minimum absolute atomic E-state index is 0.0379. The van der Waals surface area contributed by atoms with Gasteiger partial charge < -0.3 is 9.26 Å². The van der Waals surface area contributed by atoms with Gasteiger partial charge in [0.25, 0.3) is 0 Å². The molecule has 6 nitrogen and oxygen atoms in total. The highest BCUT2D eigenvalue weighted by atomic mass is 16.5. The van der Waals surface area contributed by atoms with Crippen LogP contribution in [0.15, 0.2) is 22.9 Å². The van der Waals surface area contributed by atoms with Crippen LogP contribution in [0.4, 0.5) is 0 Å². The molecule has 0 spiro atoms. The molecule has 1 aliphatic carbocycles. The van der Waals surface area contributed by atoms with E-state index in [1.54, 1.807) is 19.4 Å². The Morgan fingerprint density at radius 1 is 1.53 bits per heavy atom. The SMILES string of the molecule is COc1ccc(Cc2noc(C3CC3C#N)n2)cn1. The Morgan fingerprint density at radius 3 is 3.05 bits per heavy atom. The molecule has 1 fully saturated rings. The molecule has 2 aromatic heterocycles. The molecule has 0 N–H and O–H groups in total. The van der Waals surface area contributed by atoms with Gasteiger partial charge in [-0.2, -0.15) is 10.2 Å². The molecule has 0 amide bonds. The van der Waals surface area contributed by atoms with Crippen molar-refractivity contribution in [3.8, 4) is 11.9 Å². The van der Waals surface area contributed by atoms with E-state index in [1.165, 1.54) is 0 Å². The third-order valence-electron chi connectivity index (χ3n) is 3.13. The zero-order valence-electron chi connectivity index (χ0n) is 10.4. The van der Waals surface area contributed by atoms with Crippen molar-refractivity contribution in [1.29, 1.82) is 5.26 Å². The highest BCUT2D eigenvalue weighted by molar-refractivity contribution is 5.21. The van der Waals surface area contributed by atoms with Crippen LogP contribution < -0.4 is 4.74 Å². The average Bonchev–Trinajstić information content (AvgIpc) is 3.11. The number of nitriles is 1. The Kier molecular flexibility index (Phi) is 2.88. The zero-order valence-corrected chi connectivity index (χ0v) is 10.4. The summed E-state index contributed by atoms with van der Waals surface area (Å²) in [5.41, 5.74) is 0.987. The molecule has 2 unspecified atom stereocenters. The van der Waals surface area contributed by atoms with E-state index >= 15 is 0 Å². The van der Waals surface area contributed by atoms with Gasteiger partial charge in [-0.1, -0.05) is 11.2 Å². The summed E-state index contributed by atoms with van der Waals surface area (Å²) in [6, 6.07) is 5.92. The monoisotopic (exact) mass is 256 g/mol. The van der Waals surface area contributed by atoms with Crippen molar-refractivity contribution < 1.29 is 9.26 Å². The van der Waals surface area contributed by atoms with Crippen LogP contribution in [-0.2, 0) is 6.42 Å². The van der Waals surface area contributed by atoms with Gasteiger partial charge in [0.05, 0.1) is 25.0 Å². The summed E-state index contributed by atoms with van der Waals surface area (Å²) in [6.45, 7) is 0. The third kappa shape index (κ3) is 2.40. The van der Waals surface area contributed by atoms with E-state index in [2.05, 4.69) is 21.2 Å². The lowest BCUT2D eigenvalue weighted by Crippen LogP contribution is -1.94. The summed E-state index contributed by atoms with van der Waals surface area (Å²) in [7, 11) is 1.58. The quantitative estimate of drug-likeness (QED) is 0.827. The van der Waals surface area contributed by atoms with Gasteiger partial charge in [0.2, 0.25) is 11.8 Å². The van der Waals surface area contributed by atoms with E-state index in [4.69, 9.17) is 14.5 Å². The van der Waals surface area contributed by atoms with Crippen LogP contribution in [0.25, 0.3) is 0 Å². The summed E-state index contributed by atoms with van der Waals surface area (Å²) >= 11 is 0. The molecule has 0 radical (unpaired) electrons. The Labute approximate surface area is 110 Å². The number of methoxy groups -OCH3 is 1. The minimum Gasteiger partial charge on any atom is -0.481 e. The van der Waals surface area contributed by atoms with Gasteiger partial charge in [-0.3, -0.25) is 0 Å². The molecular formula is C13H12N4O2.